The van der Waals surface area contributed by atoms with E-state index in [4.69, 9.17) is 9.47 Å². The summed E-state index contributed by atoms with van der Waals surface area (Å²) in [6.07, 6.45) is 0. The van der Waals surface area contributed by atoms with Crippen LogP contribution in [-0.2, 0) is 19.1 Å². The SMILES string of the molecule is CC1=NC(C)=C(C(=O)OC(C)(C)C)C(c2cc(Br)ccc2F)C1C(=O)OC(C)(C)C. The van der Waals surface area contributed by atoms with Crippen molar-refractivity contribution in [1.29, 1.82) is 0 Å². The summed E-state index contributed by atoms with van der Waals surface area (Å²) in [5.41, 5.74) is -0.301. The first-order chi connectivity index (χ1) is 13.6. The van der Waals surface area contributed by atoms with Crippen LogP contribution >= 0.6 is 15.9 Å². The summed E-state index contributed by atoms with van der Waals surface area (Å²) in [6, 6.07) is 4.44. The van der Waals surface area contributed by atoms with Crippen LogP contribution in [-0.4, -0.2) is 28.9 Å². The van der Waals surface area contributed by atoms with Gasteiger partial charge in [0.15, 0.2) is 0 Å². The molecule has 0 saturated carbocycles. The van der Waals surface area contributed by atoms with Crippen LogP contribution in [0, 0.1) is 11.7 Å². The normalized spacial score (nSPS) is 20.0. The topological polar surface area (TPSA) is 65.0 Å². The molecule has 0 fully saturated rings. The minimum Gasteiger partial charge on any atom is -0.459 e. The van der Waals surface area contributed by atoms with Crippen LogP contribution in [0.3, 0.4) is 0 Å². The first-order valence-corrected chi connectivity index (χ1v) is 10.6. The summed E-state index contributed by atoms with van der Waals surface area (Å²) in [6.45, 7) is 13.9. The molecule has 2 rings (SSSR count). The van der Waals surface area contributed by atoms with Crippen LogP contribution in [0.5, 0.6) is 0 Å². The number of allylic oxidation sites excluding steroid dienone is 1. The van der Waals surface area contributed by atoms with Crippen molar-refractivity contribution in [2.75, 3.05) is 0 Å². The molecule has 0 spiro atoms. The smallest absolute Gasteiger partial charge is 0.337 e. The number of carbonyl (C=O) groups excluding carboxylic acids is 2. The van der Waals surface area contributed by atoms with Gasteiger partial charge in [-0.2, -0.15) is 0 Å². The number of nitrogens with zero attached hydrogens (tertiary/aromatic N) is 1. The lowest BCUT2D eigenvalue weighted by Crippen LogP contribution is -2.40. The highest BCUT2D eigenvalue weighted by atomic mass is 79.9. The average molecular weight is 482 g/mol. The lowest BCUT2D eigenvalue weighted by atomic mass is 9.75. The maximum absolute atomic E-state index is 15.0. The number of hydrogen-bond acceptors (Lipinski definition) is 5. The van der Waals surface area contributed by atoms with Crippen molar-refractivity contribution in [3.63, 3.8) is 0 Å². The molecule has 0 radical (unpaired) electrons. The van der Waals surface area contributed by atoms with Crippen molar-refractivity contribution in [2.24, 2.45) is 10.9 Å². The fourth-order valence-corrected chi connectivity index (χ4v) is 3.77. The van der Waals surface area contributed by atoms with Gasteiger partial charge >= 0.3 is 11.9 Å². The van der Waals surface area contributed by atoms with Crippen LogP contribution < -0.4 is 0 Å². The Morgan fingerprint density at radius 1 is 1.03 bits per heavy atom. The molecule has 5 nitrogen and oxygen atoms in total. The highest BCUT2D eigenvalue weighted by Gasteiger charge is 2.45. The summed E-state index contributed by atoms with van der Waals surface area (Å²) in [4.78, 5) is 30.7. The quantitative estimate of drug-likeness (QED) is 0.517. The lowest BCUT2D eigenvalue weighted by molar-refractivity contribution is -0.158. The van der Waals surface area contributed by atoms with E-state index in [1.807, 2.05) is 0 Å². The van der Waals surface area contributed by atoms with Crippen molar-refractivity contribution < 1.29 is 23.5 Å². The molecule has 1 heterocycles. The summed E-state index contributed by atoms with van der Waals surface area (Å²) in [5, 5.41) is 0. The fraction of sp³-hybridized carbons (Fsp3) is 0.522. The molecule has 0 N–H and O–H groups in total. The van der Waals surface area contributed by atoms with Gasteiger partial charge in [0.25, 0.3) is 0 Å². The molecule has 2 unspecified atom stereocenters. The zero-order chi connectivity index (χ0) is 23.0. The largest absolute Gasteiger partial charge is 0.459 e. The maximum Gasteiger partial charge on any atom is 0.337 e. The van der Waals surface area contributed by atoms with Crippen molar-refractivity contribution in [1.82, 2.24) is 0 Å². The highest BCUT2D eigenvalue weighted by molar-refractivity contribution is 9.10. The molecule has 0 aliphatic carbocycles. The number of benzene rings is 1. The van der Waals surface area contributed by atoms with E-state index in [1.54, 1.807) is 67.5 Å². The Balaban J connectivity index is 2.71. The maximum atomic E-state index is 15.0. The van der Waals surface area contributed by atoms with Gasteiger partial charge in [-0.3, -0.25) is 9.79 Å². The van der Waals surface area contributed by atoms with Crippen molar-refractivity contribution >= 4 is 33.6 Å². The molecular formula is C23H29BrFNO4. The third kappa shape index (κ3) is 5.78. The van der Waals surface area contributed by atoms with Gasteiger partial charge in [0.05, 0.1) is 5.57 Å². The minimum atomic E-state index is -0.959. The molecule has 30 heavy (non-hydrogen) atoms. The van der Waals surface area contributed by atoms with Gasteiger partial charge in [-0.25, -0.2) is 9.18 Å². The van der Waals surface area contributed by atoms with Crippen LogP contribution in [0.1, 0.15) is 66.9 Å². The summed E-state index contributed by atoms with van der Waals surface area (Å²) < 4.78 is 26.8. The predicted octanol–water partition coefficient (Wildman–Crippen LogP) is 5.72. The van der Waals surface area contributed by atoms with E-state index >= 15 is 0 Å². The Bertz CT molecular complexity index is 922. The van der Waals surface area contributed by atoms with Gasteiger partial charge in [-0.1, -0.05) is 15.9 Å². The molecule has 0 aromatic heterocycles. The van der Waals surface area contributed by atoms with E-state index in [-0.39, 0.29) is 11.1 Å². The first kappa shape index (κ1) is 24.3. The van der Waals surface area contributed by atoms with Crippen LogP contribution in [0.4, 0.5) is 4.39 Å². The van der Waals surface area contributed by atoms with Crippen LogP contribution in [0.25, 0.3) is 0 Å². The zero-order valence-corrected chi connectivity index (χ0v) is 20.3. The Kier molecular flexibility index (Phi) is 6.96. The molecule has 164 valence electrons. The summed E-state index contributed by atoms with van der Waals surface area (Å²) in [5.74, 6) is -3.61. The van der Waals surface area contributed by atoms with Crippen LogP contribution in [0.15, 0.2) is 38.9 Å². The molecule has 2 atom stereocenters. The third-order valence-corrected chi connectivity index (χ3v) is 4.89. The molecule has 0 bridgehead atoms. The third-order valence-electron chi connectivity index (χ3n) is 4.40. The lowest BCUT2D eigenvalue weighted by Gasteiger charge is -2.34. The minimum absolute atomic E-state index is 0.156. The van der Waals surface area contributed by atoms with Gasteiger partial charge in [0.1, 0.15) is 22.9 Å². The highest BCUT2D eigenvalue weighted by Crippen LogP contribution is 2.42. The number of halogens is 2. The standard InChI is InChI=1S/C23H29BrFNO4/c1-12-17(20(27)29-22(3,4)5)19(15-11-14(24)9-10-16(15)25)18(13(2)26-12)21(28)30-23(6,7)8/h9-11,17,19H,1-8H3. The predicted molar refractivity (Wildman–Crippen MR) is 118 cm³/mol. The number of rotatable bonds is 3. The molecule has 0 amide bonds. The van der Waals surface area contributed by atoms with Gasteiger partial charge < -0.3 is 9.47 Å². The molecular weight excluding hydrogens is 453 g/mol. The van der Waals surface area contributed by atoms with E-state index in [0.717, 1.165) is 0 Å². The van der Waals surface area contributed by atoms with Gasteiger partial charge in [-0.05, 0) is 79.2 Å². The van der Waals surface area contributed by atoms with E-state index in [1.165, 1.54) is 6.07 Å². The van der Waals surface area contributed by atoms with Gasteiger partial charge in [-0.15, -0.1) is 0 Å². The number of esters is 2. The Morgan fingerprint density at radius 3 is 2.13 bits per heavy atom. The zero-order valence-electron chi connectivity index (χ0n) is 18.7. The molecule has 0 saturated heterocycles. The second-order valence-electron chi connectivity index (χ2n) is 9.41. The van der Waals surface area contributed by atoms with Crippen molar-refractivity contribution in [2.45, 2.75) is 72.5 Å². The number of carbonyl (C=O) groups is 2. The second-order valence-corrected chi connectivity index (χ2v) is 10.3. The Hall–Kier alpha value is -2.02. The summed E-state index contributed by atoms with van der Waals surface area (Å²) in [7, 11) is 0. The van der Waals surface area contributed by atoms with Gasteiger partial charge in [0, 0.05) is 21.8 Å². The summed E-state index contributed by atoms with van der Waals surface area (Å²) >= 11 is 3.36. The first-order valence-electron chi connectivity index (χ1n) is 9.78. The van der Waals surface area contributed by atoms with E-state index in [2.05, 4.69) is 20.9 Å². The fourth-order valence-electron chi connectivity index (χ4n) is 3.39. The molecule has 7 heteroatoms. The Morgan fingerprint density at radius 2 is 1.60 bits per heavy atom. The van der Waals surface area contributed by atoms with Crippen LogP contribution in [0.2, 0.25) is 0 Å². The van der Waals surface area contributed by atoms with Gasteiger partial charge in [0.2, 0.25) is 0 Å². The van der Waals surface area contributed by atoms with Crippen molar-refractivity contribution in [3.05, 3.63) is 45.3 Å². The van der Waals surface area contributed by atoms with E-state index < -0.39 is 40.8 Å². The molecule has 1 aromatic carbocycles. The monoisotopic (exact) mass is 481 g/mol. The van der Waals surface area contributed by atoms with Crippen molar-refractivity contribution in [3.8, 4) is 0 Å². The van der Waals surface area contributed by atoms with E-state index in [9.17, 15) is 14.0 Å². The number of hydrogen-bond donors (Lipinski definition) is 0. The molecule has 1 aliphatic rings. The van der Waals surface area contributed by atoms with E-state index in [0.29, 0.717) is 15.9 Å². The Labute approximate surface area is 185 Å². The average Bonchev–Trinajstić information content (AvgIpc) is 2.52. The molecule has 1 aromatic rings. The number of ether oxygens (including phenoxy) is 2. The number of aliphatic imine (C=N–C) groups is 1. The molecule has 1 aliphatic heterocycles. The second kappa shape index (κ2) is 8.61.